The number of hydrogen-bond donors (Lipinski definition) is 2. The van der Waals surface area contributed by atoms with E-state index < -0.39 is 10.0 Å². The number of sulfonamides is 1. The minimum Gasteiger partial charge on any atom is -0.495 e. The molecule has 1 aromatic carbocycles. The number of hydrogen-bond acceptors (Lipinski definition) is 4. The van der Waals surface area contributed by atoms with Gasteiger partial charge in [0, 0.05) is 19.1 Å². The molecule has 7 nitrogen and oxygen atoms in total. The lowest BCUT2D eigenvalue weighted by atomic mass is 10.1. The number of carbonyl (C=O) groups excluding carboxylic acids is 1. The third-order valence-corrected chi connectivity index (χ3v) is 4.27. The van der Waals surface area contributed by atoms with Gasteiger partial charge in [0.2, 0.25) is 10.0 Å². The number of likely N-dealkylation sites (tertiary alicyclic amines) is 1. The lowest BCUT2D eigenvalue weighted by Crippen LogP contribution is -2.47. The predicted octanol–water partition coefficient (Wildman–Crippen LogP) is 1.24. The Kier molecular flexibility index (Phi) is 5.25. The predicted molar refractivity (Wildman–Crippen MR) is 84.6 cm³/mol. The first-order chi connectivity index (χ1) is 10.4. The number of rotatable bonds is 4. The standard InChI is InChI=1S/C14H21N3O4S/c1-21-13-6-4-3-5-12(13)15-14(18)17-9-7-11(8-10-17)16-22(2,19)20/h3-6,11,16H,7-10H2,1-2H3,(H,15,18). The van der Waals surface area contributed by atoms with Crippen molar-refractivity contribution in [3.8, 4) is 5.75 Å². The molecule has 0 atom stereocenters. The molecule has 1 aliphatic heterocycles. The number of nitrogens with zero attached hydrogens (tertiary/aromatic N) is 1. The van der Waals surface area contributed by atoms with Gasteiger partial charge in [-0.05, 0) is 25.0 Å². The summed E-state index contributed by atoms with van der Waals surface area (Å²) in [4.78, 5) is 13.9. The second-order valence-corrected chi connectivity index (χ2v) is 7.06. The molecule has 0 aliphatic carbocycles. The van der Waals surface area contributed by atoms with E-state index in [1.165, 1.54) is 0 Å². The second-order valence-electron chi connectivity index (χ2n) is 5.28. The molecule has 0 unspecified atom stereocenters. The molecule has 0 radical (unpaired) electrons. The van der Waals surface area contributed by atoms with E-state index in [4.69, 9.17) is 4.74 Å². The molecule has 1 saturated heterocycles. The maximum atomic E-state index is 12.2. The summed E-state index contributed by atoms with van der Waals surface area (Å²) in [5, 5.41) is 2.82. The third-order valence-electron chi connectivity index (χ3n) is 3.51. The van der Waals surface area contributed by atoms with Gasteiger partial charge in [-0.25, -0.2) is 17.9 Å². The van der Waals surface area contributed by atoms with E-state index in [0.717, 1.165) is 6.26 Å². The first-order valence-electron chi connectivity index (χ1n) is 7.05. The van der Waals surface area contributed by atoms with Crippen LogP contribution in [0.2, 0.25) is 0 Å². The van der Waals surface area contributed by atoms with E-state index in [0.29, 0.717) is 37.4 Å². The Morgan fingerprint density at radius 1 is 1.27 bits per heavy atom. The van der Waals surface area contributed by atoms with Crippen LogP contribution in [0, 0.1) is 0 Å². The summed E-state index contributed by atoms with van der Waals surface area (Å²) in [5.41, 5.74) is 0.617. The van der Waals surface area contributed by atoms with Gasteiger partial charge in [0.1, 0.15) is 5.75 Å². The minimum absolute atomic E-state index is 0.106. The number of nitrogens with one attached hydrogen (secondary N) is 2. The third kappa shape index (κ3) is 4.60. The van der Waals surface area contributed by atoms with Crippen molar-refractivity contribution in [2.24, 2.45) is 0 Å². The maximum Gasteiger partial charge on any atom is 0.321 e. The highest BCUT2D eigenvalue weighted by atomic mass is 32.2. The van der Waals surface area contributed by atoms with Crippen LogP contribution in [0.1, 0.15) is 12.8 Å². The normalized spacial score (nSPS) is 16.4. The Labute approximate surface area is 130 Å². The van der Waals surface area contributed by atoms with Crippen molar-refractivity contribution in [2.75, 3.05) is 31.8 Å². The number of benzene rings is 1. The number of ether oxygens (including phenoxy) is 1. The largest absolute Gasteiger partial charge is 0.495 e. The summed E-state index contributed by atoms with van der Waals surface area (Å²) in [5.74, 6) is 0.601. The molecule has 0 spiro atoms. The van der Waals surface area contributed by atoms with Gasteiger partial charge in [-0.1, -0.05) is 12.1 Å². The lowest BCUT2D eigenvalue weighted by Gasteiger charge is -2.32. The summed E-state index contributed by atoms with van der Waals surface area (Å²) < 4.78 is 30.2. The van der Waals surface area contributed by atoms with Crippen LogP contribution in [0.3, 0.4) is 0 Å². The highest BCUT2D eigenvalue weighted by Crippen LogP contribution is 2.23. The molecule has 22 heavy (non-hydrogen) atoms. The number of para-hydroxylation sites is 2. The Hall–Kier alpha value is -1.80. The fourth-order valence-corrected chi connectivity index (χ4v) is 3.29. The van der Waals surface area contributed by atoms with E-state index in [-0.39, 0.29) is 12.1 Å². The van der Waals surface area contributed by atoms with Crippen molar-refractivity contribution in [3.63, 3.8) is 0 Å². The highest BCUT2D eigenvalue weighted by molar-refractivity contribution is 7.88. The molecule has 122 valence electrons. The molecule has 1 fully saturated rings. The number of anilines is 1. The van der Waals surface area contributed by atoms with E-state index in [1.54, 1.807) is 24.1 Å². The number of amides is 2. The van der Waals surface area contributed by atoms with Crippen LogP contribution in [-0.4, -0.2) is 51.8 Å². The zero-order valence-electron chi connectivity index (χ0n) is 12.7. The van der Waals surface area contributed by atoms with E-state index in [1.807, 2.05) is 12.1 Å². The average molecular weight is 327 g/mol. The summed E-state index contributed by atoms with van der Waals surface area (Å²) in [6.45, 7) is 1.02. The lowest BCUT2D eigenvalue weighted by molar-refractivity contribution is 0.193. The van der Waals surface area contributed by atoms with Crippen molar-refractivity contribution in [3.05, 3.63) is 24.3 Å². The molecule has 0 bridgehead atoms. The van der Waals surface area contributed by atoms with Gasteiger partial charge in [0.25, 0.3) is 0 Å². The van der Waals surface area contributed by atoms with Crippen molar-refractivity contribution >= 4 is 21.7 Å². The highest BCUT2D eigenvalue weighted by Gasteiger charge is 2.24. The number of carbonyl (C=O) groups is 1. The van der Waals surface area contributed by atoms with Crippen molar-refractivity contribution in [1.82, 2.24) is 9.62 Å². The van der Waals surface area contributed by atoms with Crippen LogP contribution in [0.5, 0.6) is 5.75 Å². The zero-order valence-corrected chi connectivity index (χ0v) is 13.5. The Morgan fingerprint density at radius 2 is 1.91 bits per heavy atom. The number of piperidine rings is 1. The van der Waals surface area contributed by atoms with E-state index in [9.17, 15) is 13.2 Å². The molecule has 8 heteroatoms. The second kappa shape index (κ2) is 6.97. The molecule has 2 N–H and O–H groups in total. The van der Waals surface area contributed by atoms with Gasteiger partial charge in [0.15, 0.2) is 0 Å². The quantitative estimate of drug-likeness (QED) is 0.871. The molecule has 0 aromatic heterocycles. The maximum absolute atomic E-state index is 12.2. The molecular weight excluding hydrogens is 306 g/mol. The summed E-state index contributed by atoms with van der Waals surface area (Å²) in [7, 11) is -1.66. The van der Waals surface area contributed by atoms with Crippen LogP contribution in [0.4, 0.5) is 10.5 Å². The Balaban J connectivity index is 1.90. The number of methoxy groups -OCH3 is 1. The monoisotopic (exact) mass is 327 g/mol. The summed E-state index contributed by atoms with van der Waals surface area (Å²) in [6, 6.07) is 6.89. The number of urea groups is 1. The van der Waals surface area contributed by atoms with Crippen LogP contribution < -0.4 is 14.8 Å². The first-order valence-corrected chi connectivity index (χ1v) is 8.94. The smallest absolute Gasteiger partial charge is 0.321 e. The van der Waals surface area contributed by atoms with E-state index >= 15 is 0 Å². The molecule has 1 heterocycles. The molecule has 0 saturated carbocycles. The van der Waals surface area contributed by atoms with Crippen LogP contribution >= 0.6 is 0 Å². The average Bonchev–Trinajstić information content (AvgIpc) is 2.47. The van der Waals surface area contributed by atoms with Gasteiger partial charge in [-0.2, -0.15) is 0 Å². The summed E-state index contributed by atoms with van der Waals surface area (Å²) in [6.07, 6.45) is 2.35. The SMILES string of the molecule is COc1ccccc1NC(=O)N1CCC(NS(C)(=O)=O)CC1. The topological polar surface area (TPSA) is 87.7 Å². The van der Waals surface area contributed by atoms with Crippen LogP contribution in [0.15, 0.2) is 24.3 Å². The van der Waals surface area contributed by atoms with Crippen LogP contribution in [0.25, 0.3) is 0 Å². The van der Waals surface area contributed by atoms with Crippen molar-refractivity contribution < 1.29 is 17.9 Å². The molecular formula is C14H21N3O4S. The van der Waals surface area contributed by atoms with Gasteiger partial charge in [0.05, 0.1) is 19.1 Å². The fraction of sp³-hybridized carbons (Fsp3) is 0.500. The molecule has 2 amide bonds. The molecule has 2 rings (SSSR count). The van der Waals surface area contributed by atoms with E-state index in [2.05, 4.69) is 10.0 Å². The Morgan fingerprint density at radius 3 is 2.50 bits per heavy atom. The van der Waals surface area contributed by atoms with Gasteiger partial charge in [-0.15, -0.1) is 0 Å². The van der Waals surface area contributed by atoms with Crippen LogP contribution in [-0.2, 0) is 10.0 Å². The van der Waals surface area contributed by atoms with Crippen molar-refractivity contribution in [1.29, 1.82) is 0 Å². The fourth-order valence-electron chi connectivity index (χ4n) is 2.45. The minimum atomic E-state index is -3.20. The first kappa shape index (κ1) is 16.6. The van der Waals surface area contributed by atoms with Gasteiger partial charge < -0.3 is 15.0 Å². The molecule has 1 aliphatic rings. The Bertz CT molecular complexity index is 625. The van der Waals surface area contributed by atoms with Gasteiger partial charge >= 0.3 is 6.03 Å². The molecule has 1 aromatic rings. The van der Waals surface area contributed by atoms with Gasteiger partial charge in [-0.3, -0.25) is 0 Å². The summed E-state index contributed by atoms with van der Waals surface area (Å²) >= 11 is 0. The van der Waals surface area contributed by atoms with Crippen molar-refractivity contribution in [2.45, 2.75) is 18.9 Å². The zero-order chi connectivity index (χ0) is 16.2.